The normalized spacial score (nSPS) is 28.3. The zero-order valence-corrected chi connectivity index (χ0v) is 10.7. The smallest absolute Gasteiger partial charge is 0.252 e. The number of hydrogen-bond donors (Lipinski definition) is 1. The number of carbonyl (C=O) groups is 1. The molecule has 0 aromatic rings. The monoisotopic (exact) mass is 270 g/mol. The Morgan fingerprint density at radius 2 is 2.00 bits per heavy atom. The molecule has 1 N–H and O–H groups in total. The van der Waals surface area contributed by atoms with E-state index >= 15 is 0 Å². The highest BCUT2D eigenvalue weighted by Crippen LogP contribution is 2.19. The molecule has 0 saturated carbocycles. The number of nitrogens with zero attached hydrogens (tertiary/aromatic N) is 2. The topological polar surface area (TPSA) is 77.9 Å². The van der Waals surface area contributed by atoms with Gasteiger partial charge in [0.2, 0.25) is 0 Å². The van der Waals surface area contributed by atoms with Gasteiger partial charge in [-0.15, -0.1) is 11.6 Å². The average Bonchev–Trinajstić information content (AvgIpc) is 2.39. The zero-order chi connectivity index (χ0) is 12.5. The number of hydrogen-bond acceptors (Lipinski definition) is 5. The Balaban J connectivity index is 2.93. The second-order valence-electron chi connectivity index (χ2n) is 3.93. The van der Waals surface area contributed by atoms with Crippen molar-refractivity contribution in [3.8, 4) is 0 Å². The molecule has 1 heterocycles. The van der Waals surface area contributed by atoms with Gasteiger partial charge in [-0.2, -0.15) is 0 Å². The van der Waals surface area contributed by atoms with E-state index in [4.69, 9.17) is 11.6 Å². The zero-order valence-electron chi connectivity index (χ0n) is 9.13. The van der Waals surface area contributed by atoms with Gasteiger partial charge in [0, 0.05) is 14.1 Å². The molecule has 0 bridgehead atoms. The number of aliphatic hydroxyl groups excluding tert-OH is 1. The van der Waals surface area contributed by atoms with E-state index < -0.39 is 27.9 Å². The Kier molecular flexibility index (Phi) is 4.17. The molecule has 1 rings (SSSR count). The lowest BCUT2D eigenvalue weighted by Gasteiger charge is -2.34. The largest absolute Gasteiger partial charge is 0.390 e. The van der Waals surface area contributed by atoms with E-state index in [2.05, 4.69) is 0 Å². The van der Waals surface area contributed by atoms with Gasteiger partial charge in [-0.3, -0.25) is 9.80 Å². The van der Waals surface area contributed by atoms with Crippen molar-refractivity contribution in [2.24, 2.45) is 0 Å². The number of sulfone groups is 1. The van der Waals surface area contributed by atoms with Crippen molar-refractivity contribution < 1.29 is 18.3 Å². The minimum Gasteiger partial charge on any atom is -0.390 e. The molecule has 6 nitrogen and oxygen atoms in total. The van der Waals surface area contributed by atoms with Crippen LogP contribution in [-0.4, -0.2) is 73.1 Å². The van der Waals surface area contributed by atoms with E-state index in [1.165, 1.54) is 10.0 Å². The summed E-state index contributed by atoms with van der Waals surface area (Å²) in [6, 6.07) is -0.744. The number of hydrazine groups is 1. The minimum atomic E-state index is -3.28. The molecule has 0 spiro atoms. The van der Waals surface area contributed by atoms with Gasteiger partial charge in [0.15, 0.2) is 9.84 Å². The van der Waals surface area contributed by atoms with Crippen LogP contribution in [-0.2, 0) is 14.6 Å². The molecule has 1 aliphatic rings. The summed E-state index contributed by atoms with van der Waals surface area (Å²) in [6.45, 7) is 0. The van der Waals surface area contributed by atoms with E-state index in [1.807, 2.05) is 0 Å². The molecule has 16 heavy (non-hydrogen) atoms. The van der Waals surface area contributed by atoms with Crippen molar-refractivity contribution in [3.63, 3.8) is 0 Å². The maximum atomic E-state index is 11.5. The molecule has 2 atom stereocenters. The first-order valence-corrected chi connectivity index (χ1v) is 7.08. The lowest BCUT2D eigenvalue weighted by molar-refractivity contribution is -0.150. The molecule has 0 aromatic heterocycles. The van der Waals surface area contributed by atoms with Gasteiger partial charge in [0.1, 0.15) is 5.88 Å². The Labute approximate surface area is 99.7 Å². The van der Waals surface area contributed by atoms with Crippen molar-refractivity contribution in [1.82, 2.24) is 10.0 Å². The molecule has 0 aliphatic carbocycles. The molecule has 0 radical (unpaired) electrons. The summed E-state index contributed by atoms with van der Waals surface area (Å²) in [7, 11) is -0.0799. The number of halogens is 1. The number of rotatable bonds is 3. The van der Waals surface area contributed by atoms with Crippen LogP contribution in [0.15, 0.2) is 0 Å². The minimum absolute atomic E-state index is 0.227. The highest BCUT2D eigenvalue weighted by Gasteiger charge is 2.42. The van der Waals surface area contributed by atoms with E-state index in [1.54, 1.807) is 14.1 Å². The number of aliphatic hydroxyl groups is 1. The lowest BCUT2D eigenvalue weighted by Crippen LogP contribution is -2.53. The van der Waals surface area contributed by atoms with E-state index in [0.717, 1.165) is 0 Å². The molecule has 1 saturated heterocycles. The van der Waals surface area contributed by atoms with Gasteiger partial charge < -0.3 is 5.11 Å². The fourth-order valence-corrected chi connectivity index (χ4v) is 3.69. The lowest BCUT2D eigenvalue weighted by atomic mass is 10.2. The van der Waals surface area contributed by atoms with Gasteiger partial charge in [0.25, 0.3) is 5.91 Å². The predicted molar refractivity (Wildman–Crippen MR) is 59.7 cm³/mol. The van der Waals surface area contributed by atoms with Gasteiger partial charge in [-0.05, 0) is 0 Å². The second kappa shape index (κ2) is 4.87. The first-order valence-electron chi connectivity index (χ1n) is 4.72. The van der Waals surface area contributed by atoms with E-state index in [-0.39, 0.29) is 17.4 Å². The van der Waals surface area contributed by atoms with Crippen LogP contribution in [0.25, 0.3) is 0 Å². The number of alkyl halides is 1. The Morgan fingerprint density at radius 3 is 2.31 bits per heavy atom. The molecule has 0 unspecified atom stereocenters. The summed E-state index contributed by atoms with van der Waals surface area (Å²) in [5.74, 6) is -1.21. The van der Waals surface area contributed by atoms with Crippen molar-refractivity contribution in [2.75, 3.05) is 31.5 Å². The van der Waals surface area contributed by atoms with E-state index in [9.17, 15) is 18.3 Å². The highest BCUT2D eigenvalue weighted by atomic mass is 35.5. The van der Waals surface area contributed by atoms with E-state index in [0.29, 0.717) is 0 Å². The van der Waals surface area contributed by atoms with Crippen LogP contribution in [0.3, 0.4) is 0 Å². The third-order valence-electron chi connectivity index (χ3n) is 2.41. The van der Waals surface area contributed by atoms with Crippen molar-refractivity contribution in [2.45, 2.75) is 12.1 Å². The average molecular weight is 271 g/mol. The molecule has 94 valence electrons. The first-order chi connectivity index (χ1) is 7.28. The summed E-state index contributed by atoms with van der Waals surface area (Å²) in [5, 5.41) is 12.3. The molecule has 1 amide bonds. The van der Waals surface area contributed by atoms with Crippen molar-refractivity contribution in [3.05, 3.63) is 0 Å². The summed E-state index contributed by atoms with van der Waals surface area (Å²) in [6.07, 6.45) is -1.06. The van der Waals surface area contributed by atoms with Gasteiger partial charge in [-0.25, -0.2) is 13.4 Å². The quantitative estimate of drug-likeness (QED) is 0.509. The van der Waals surface area contributed by atoms with Crippen LogP contribution < -0.4 is 0 Å². The first kappa shape index (κ1) is 13.7. The third kappa shape index (κ3) is 2.85. The summed E-state index contributed by atoms with van der Waals surface area (Å²) in [5.41, 5.74) is 0. The van der Waals surface area contributed by atoms with Crippen LogP contribution in [0.2, 0.25) is 0 Å². The number of amides is 1. The SMILES string of the molecule is CN(C)N(C(=O)CCl)[C@H]1CS(=O)(=O)C[C@H]1O. The summed E-state index contributed by atoms with van der Waals surface area (Å²) < 4.78 is 22.7. The maximum Gasteiger partial charge on any atom is 0.252 e. The molecule has 1 fully saturated rings. The van der Waals surface area contributed by atoms with Gasteiger partial charge >= 0.3 is 0 Å². The van der Waals surface area contributed by atoms with Crippen LogP contribution in [0, 0.1) is 0 Å². The molecule has 1 aliphatic heterocycles. The summed E-state index contributed by atoms with van der Waals surface area (Å²) in [4.78, 5) is 11.5. The third-order valence-corrected chi connectivity index (χ3v) is 4.34. The molecule has 8 heteroatoms. The van der Waals surface area contributed by atoms with Gasteiger partial charge in [-0.1, -0.05) is 0 Å². The second-order valence-corrected chi connectivity index (χ2v) is 6.35. The fourth-order valence-electron chi connectivity index (χ4n) is 1.81. The van der Waals surface area contributed by atoms with Crippen molar-refractivity contribution in [1.29, 1.82) is 0 Å². The van der Waals surface area contributed by atoms with Crippen LogP contribution >= 0.6 is 11.6 Å². The summed E-state index contributed by atoms with van der Waals surface area (Å²) >= 11 is 5.44. The van der Waals surface area contributed by atoms with Gasteiger partial charge in [0.05, 0.1) is 23.7 Å². The van der Waals surface area contributed by atoms with Crippen LogP contribution in [0.1, 0.15) is 0 Å². The van der Waals surface area contributed by atoms with Crippen molar-refractivity contribution >= 4 is 27.3 Å². The molecular weight excluding hydrogens is 256 g/mol. The van der Waals surface area contributed by atoms with Crippen LogP contribution in [0.5, 0.6) is 0 Å². The Bertz CT molecular complexity index is 370. The highest BCUT2D eigenvalue weighted by molar-refractivity contribution is 7.91. The maximum absolute atomic E-state index is 11.5. The number of carbonyl (C=O) groups excluding carboxylic acids is 1. The molecule has 0 aromatic carbocycles. The fraction of sp³-hybridized carbons (Fsp3) is 0.875. The molecular formula is C8H15ClN2O4S. The Hall–Kier alpha value is -0.370. The standard InChI is InChI=1S/C8H15ClN2O4S/c1-10(2)11(8(13)3-9)6-4-16(14,15)5-7(6)12/h6-7,12H,3-5H2,1-2H3/t6-,7+/m0/s1. The Morgan fingerprint density at radius 1 is 1.44 bits per heavy atom. The van der Waals surface area contributed by atoms with Crippen LogP contribution in [0.4, 0.5) is 0 Å². The predicted octanol–water partition coefficient (Wildman–Crippen LogP) is -1.31.